The number of esters is 1. The molecule has 192 valence electrons. The van der Waals surface area contributed by atoms with E-state index in [0.29, 0.717) is 26.6 Å². The van der Waals surface area contributed by atoms with Crippen LogP contribution in [0.1, 0.15) is 30.0 Å². The van der Waals surface area contributed by atoms with Crippen molar-refractivity contribution in [3.05, 3.63) is 61.9 Å². The fraction of sp³-hybridized carbons (Fsp3) is 0.333. The topological polar surface area (TPSA) is 101 Å². The molecule has 2 aliphatic heterocycles. The van der Waals surface area contributed by atoms with Crippen molar-refractivity contribution < 1.29 is 35.5 Å². The maximum Gasteiger partial charge on any atom is 0.518 e. The number of nitrogens with zero attached hydrogens (tertiary/aromatic N) is 4. The molecule has 15 heteroatoms. The number of ether oxygens (including phenoxy) is 1. The van der Waals surface area contributed by atoms with Crippen molar-refractivity contribution in [2.45, 2.75) is 24.9 Å². The van der Waals surface area contributed by atoms with Gasteiger partial charge in [0.15, 0.2) is 10.8 Å². The highest BCUT2D eigenvalue weighted by atomic mass is 79.9. The molecule has 36 heavy (non-hydrogen) atoms. The standard InChI is InChI=1S/C21H17BrF4N4O4S2/c1-2-34-20(31)16-15-7-11(9-28-36(32,33)21(24,25)26)10-30(15)18(19-27-5-6-35-19)29-17(16)13-4-3-12(23)8-14(13)22/h3-6,8-9,11,17H,2,7,10H2,1H3/b28-9+/t11?,17-/m0/s1. The Balaban J connectivity index is 1.85. The Kier molecular flexibility index (Phi) is 7.35. The van der Waals surface area contributed by atoms with Gasteiger partial charge in [0.1, 0.15) is 11.9 Å². The molecule has 0 saturated carbocycles. The zero-order chi connectivity index (χ0) is 26.3. The fourth-order valence-electron chi connectivity index (χ4n) is 3.87. The van der Waals surface area contributed by atoms with Crippen molar-refractivity contribution >= 4 is 55.3 Å². The summed E-state index contributed by atoms with van der Waals surface area (Å²) in [5.74, 6) is -1.67. The van der Waals surface area contributed by atoms with Crippen molar-refractivity contribution in [3.63, 3.8) is 0 Å². The highest BCUT2D eigenvalue weighted by Gasteiger charge is 2.46. The van der Waals surface area contributed by atoms with Gasteiger partial charge in [0.25, 0.3) is 0 Å². The molecule has 0 bridgehead atoms. The third kappa shape index (κ3) is 5.09. The summed E-state index contributed by atoms with van der Waals surface area (Å²) in [4.78, 5) is 23.7. The number of carbonyl (C=O) groups is 1. The van der Waals surface area contributed by atoms with E-state index in [1.807, 2.05) is 0 Å². The molecule has 0 radical (unpaired) electrons. The molecule has 3 heterocycles. The SMILES string of the molecule is CCOC(=O)C1=C2CC(/C=N/S(=O)(=O)C(F)(F)F)CN2C(c2nccs2)=N[C@H]1c1ccc(F)cc1Br. The van der Waals surface area contributed by atoms with Gasteiger partial charge in [0.05, 0.1) is 12.2 Å². The van der Waals surface area contributed by atoms with Crippen LogP contribution in [0, 0.1) is 11.7 Å². The number of hydrogen-bond acceptors (Lipinski definition) is 8. The molecule has 1 saturated heterocycles. The first-order valence-corrected chi connectivity index (χ1v) is 13.5. The number of benzene rings is 1. The van der Waals surface area contributed by atoms with Crippen LogP contribution in [0.3, 0.4) is 0 Å². The maximum atomic E-state index is 13.8. The Hall–Kier alpha value is -2.65. The van der Waals surface area contributed by atoms with E-state index >= 15 is 0 Å². The molecule has 0 N–H and O–H groups in total. The number of halogens is 5. The van der Waals surface area contributed by atoms with Crippen molar-refractivity contribution in [2.24, 2.45) is 15.3 Å². The number of hydrogen-bond donors (Lipinski definition) is 0. The molecule has 2 atom stereocenters. The van der Waals surface area contributed by atoms with Crippen molar-refractivity contribution in [3.8, 4) is 0 Å². The highest BCUT2D eigenvalue weighted by molar-refractivity contribution is 9.10. The van der Waals surface area contributed by atoms with Crippen LogP contribution in [0.15, 0.2) is 54.9 Å². The lowest BCUT2D eigenvalue weighted by Crippen LogP contribution is -2.35. The van der Waals surface area contributed by atoms with Crippen LogP contribution in [0.5, 0.6) is 0 Å². The van der Waals surface area contributed by atoms with Gasteiger partial charge in [0, 0.05) is 40.4 Å². The lowest BCUT2D eigenvalue weighted by atomic mass is 9.94. The summed E-state index contributed by atoms with van der Waals surface area (Å²) in [6, 6.07) is 2.95. The zero-order valence-electron chi connectivity index (χ0n) is 18.4. The monoisotopic (exact) mass is 608 g/mol. The van der Waals surface area contributed by atoms with Crippen LogP contribution in [0.4, 0.5) is 17.6 Å². The van der Waals surface area contributed by atoms with Gasteiger partial charge < -0.3 is 9.64 Å². The Labute approximate surface area is 215 Å². The van der Waals surface area contributed by atoms with E-state index in [0.717, 1.165) is 6.21 Å². The molecular weight excluding hydrogens is 592 g/mol. The second-order valence-corrected chi connectivity index (χ2v) is 11.1. The van der Waals surface area contributed by atoms with Gasteiger partial charge in [-0.3, -0.25) is 4.99 Å². The van der Waals surface area contributed by atoms with Crippen molar-refractivity contribution in [2.75, 3.05) is 13.2 Å². The minimum atomic E-state index is -5.72. The summed E-state index contributed by atoms with van der Waals surface area (Å²) in [6.07, 6.45) is 2.25. The van der Waals surface area contributed by atoms with Gasteiger partial charge in [-0.05, 0) is 31.0 Å². The van der Waals surface area contributed by atoms with E-state index < -0.39 is 39.3 Å². The van der Waals surface area contributed by atoms with Gasteiger partial charge in [-0.15, -0.1) is 11.3 Å². The molecular formula is C21H17BrF4N4O4S2. The smallest absolute Gasteiger partial charge is 0.463 e. The summed E-state index contributed by atoms with van der Waals surface area (Å²) < 4.78 is 83.4. The third-order valence-electron chi connectivity index (χ3n) is 5.37. The van der Waals surface area contributed by atoms with Gasteiger partial charge in [-0.2, -0.15) is 26.0 Å². The largest absolute Gasteiger partial charge is 0.518 e. The number of thiazole rings is 1. The molecule has 8 nitrogen and oxygen atoms in total. The number of carbonyl (C=O) groups excluding carboxylic acids is 1. The second kappa shape index (κ2) is 10.0. The van der Waals surface area contributed by atoms with Crippen LogP contribution in [0.2, 0.25) is 0 Å². The number of sulfonamides is 1. The maximum absolute atomic E-state index is 13.8. The molecule has 0 amide bonds. The second-order valence-electron chi connectivity index (χ2n) is 7.69. The number of aliphatic imine (C=N–C) groups is 1. The average molecular weight is 609 g/mol. The number of aromatic nitrogens is 1. The zero-order valence-corrected chi connectivity index (χ0v) is 21.6. The summed E-state index contributed by atoms with van der Waals surface area (Å²) >= 11 is 4.56. The van der Waals surface area contributed by atoms with Gasteiger partial charge in [-0.25, -0.2) is 14.2 Å². The molecule has 0 spiro atoms. The van der Waals surface area contributed by atoms with Crippen LogP contribution < -0.4 is 0 Å². The number of rotatable bonds is 6. The predicted octanol–water partition coefficient (Wildman–Crippen LogP) is 4.61. The molecule has 2 aromatic rings. The Morgan fingerprint density at radius 2 is 2.14 bits per heavy atom. The lowest BCUT2D eigenvalue weighted by Gasteiger charge is -2.31. The third-order valence-corrected chi connectivity index (χ3v) is 7.81. The van der Waals surface area contributed by atoms with Crippen LogP contribution in [-0.2, 0) is 19.6 Å². The molecule has 2 aliphatic rings. The normalized spacial score (nSPS) is 20.6. The number of alkyl halides is 3. The molecule has 1 aromatic carbocycles. The molecule has 4 rings (SSSR count). The van der Waals surface area contributed by atoms with E-state index in [4.69, 9.17) is 9.73 Å². The first-order valence-electron chi connectivity index (χ1n) is 10.4. The van der Waals surface area contributed by atoms with Gasteiger partial charge in [-0.1, -0.05) is 22.0 Å². The lowest BCUT2D eigenvalue weighted by molar-refractivity contribution is -0.139. The summed E-state index contributed by atoms with van der Waals surface area (Å²) in [7, 11) is -5.72. The van der Waals surface area contributed by atoms with E-state index in [9.17, 15) is 30.8 Å². The van der Waals surface area contributed by atoms with Crippen LogP contribution in [0.25, 0.3) is 0 Å². The Morgan fingerprint density at radius 3 is 2.75 bits per heavy atom. The molecule has 1 fully saturated rings. The first kappa shape index (κ1) is 26.4. The minimum absolute atomic E-state index is 0.00480. The van der Waals surface area contributed by atoms with E-state index in [1.165, 1.54) is 29.5 Å². The van der Waals surface area contributed by atoms with Crippen LogP contribution >= 0.6 is 27.3 Å². The van der Waals surface area contributed by atoms with Gasteiger partial charge >= 0.3 is 21.5 Å². The van der Waals surface area contributed by atoms with Crippen molar-refractivity contribution in [1.29, 1.82) is 0 Å². The highest BCUT2D eigenvalue weighted by Crippen LogP contribution is 2.43. The molecule has 0 aliphatic carbocycles. The number of allylic oxidation sites excluding steroid dienone is 1. The van der Waals surface area contributed by atoms with Crippen LogP contribution in [-0.4, -0.2) is 55.0 Å². The Morgan fingerprint density at radius 1 is 1.39 bits per heavy atom. The Bertz CT molecular complexity index is 1370. The molecule has 1 aromatic heterocycles. The quantitative estimate of drug-likeness (QED) is 0.270. The first-order chi connectivity index (χ1) is 16.9. The van der Waals surface area contributed by atoms with E-state index in [-0.39, 0.29) is 25.1 Å². The van der Waals surface area contributed by atoms with E-state index in [2.05, 4.69) is 25.3 Å². The summed E-state index contributed by atoms with van der Waals surface area (Å²) in [5, 5.41) is 2.18. The number of amidine groups is 1. The minimum Gasteiger partial charge on any atom is -0.463 e. The summed E-state index contributed by atoms with van der Waals surface area (Å²) in [5.41, 5.74) is -4.58. The fourth-order valence-corrected chi connectivity index (χ4v) is 5.53. The number of fused-ring (bicyclic) bond motifs is 1. The average Bonchev–Trinajstić information content (AvgIpc) is 3.46. The predicted molar refractivity (Wildman–Crippen MR) is 127 cm³/mol. The summed E-state index contributed by atoms with van der Waals surface area (Å²) in [6.45, 7) is 1.67. The van der Waals surface area contributed by atoms with E-state index in [1.54, 1.807) is 23.4 Å². The molecule has 1 unspecified atom stereocenters. The van der Waals surface area contributed by atoms with Gasteiger partial charge in [0.2, 0.25) is 0 Å². The van der Waals surface area contributed by atoms with Crippen molar-refractivity contribution in [1.82, 2.24) is 9.88 Å².